The molecule has 188 valence electrons. The molecule has 1 amide bonds. The third kappa shape index (κ3) is 4.22. The molecule has 9 nitrogen and oxygen atoms in total. The summed E-state index contributed by atoms with van der Waals surface area (Å²) >= 11 is 0. The monoisotopic (exact) mass is 498 g/mol. The van der Waals surface area contributed by atoms with Crippen molar-refractivity contribution < 1.29 is 24.5 Å². The molecule has 3 heterocycles. The minimum absolute atomic E-state index is 0.110. The van der Waals surface area contributed by atoms with Gasteiger partial charge in [-0.25, -0.2) is 14.8 Å². The molecular formula is C28H26N4O5. The van der Waals surface area contributed by atoms with Gasteiger partial charge in [-0.2, -0.15) is 0 Å². The Hall–Kier alpha value is -4.53. The molecule has 3 aromatic carbocycles. The number of phenolic OH excluding ortho intramolecular Hbond substituents is 1. The number of anilines is 1. The number of carbonyl (C=O) groups is 1. The molecule has 0 bridgehead atoms. The maximum absolute atomic E-state index is 12.3. The highest BCUT2D eigenvalue weighted by molar-refractivity contribution is 5.92. The Kier molecular flexibility index (Phi) is 5.67. The number of fused-ring (bicyclic) bond motifs is 2. The lowest BCUT2D eigenvalue weighted by atomic mass is 10.1. The fraction of sp³-hybridized carbons (Fsp3) is 0.250. The number of aryl methyl sites for hydroxylation is 1. The maximum atomic E-state index is 12.3. The van der Waals surface area contributed by atoms with Crippen molar-refractivity contribution in [2.24, 2.45) is 0 Å². The topological polar surface area (TPSA) is 108 Å². The number of nitrogens with zero attached hydrogens (tertiary/aromatic N) is 4. The lowest BCUT2D eigenvalue weighted by Crippen LogP contribution is -2.40. The second-order valence-electron chi connectivity index (χ2n) is 9.36. The average Bonchev–Trinajstić information content (AvgIpc) is 3.57. The summed E-state index contributed by atoms with van der Waals surface area (Å²) in [6.07, 6.45) is -0.330. The maximum Gasteiger partial charge on any atom is 0.407 e. The Balaban J connectivity index is 1.33. The molecule has 1 fully saturated rings. The summed E-state index contributed by atoms with van der Waals surface area (Å²) in [7, 11) is 0. The van der Waals surface area contributed by atoms with Gasteiger partial charge in [0.25, 0.3) is 0 Å². The average molecular weight is 499 g/mol. The molecule has 1 saturated heterocycles. The minimum atomic E-state index is -0.985. The molecule has 2 aliphatic heterocycles. The van der Waals surface area contributed by atoms with E-state index in [2.05, 4.69) is 4.90 Å². The van der Waals surface area contributed by atoms with Crippen molar-refractivity contribution in [3.63, 3.8) is 0 Å². The Morgan fingerprint density at radius 3 is 2.81 bits per heavy atom. The van der Waals surface area contributed by atoms with Crippen LogP contribution in [0.15, 0.2) is 60.7 Å². The van der Waals surface area contributed by atoms with E-state index in [1.165, 1.54) is 4.90 Å². The van der Waals surface area contributed by atoms with Crippen molar-refractivity contribution in [3.05, 3.63) is 71.8 Å². The molecule has 2 N–H and O–H groups in total. The van der Waals surface area contributed by atoms with Gasteiger partial charge < -0.3 is 24.6 Å². The highest BCUT2D eigenvalue weighted by Crippen LogP contribution is 2.37. The molecule has 37 heavy (non-hydrogen) atoms. The van der Waals surface area contributed by atoms with Gasteiger partial charge in [-0.05, 0) is 49.2 Å². The fourth-order valence-electron chi connectivity index (χ4n) is 5.09. The highest BCUT2D eigenvalue weighted by atomic mass is 16.7. The van der Waals surface area contributed by atoms with E-state index in [1.54, 1.807) is 18.2 Å². The van der Waals surface area contributed by atoms with Crippen LogP contribution in [0, 0.1) is 6.92 Å². The second-order valence-corrected chi connectivity index (χ2v) is 9.36. The van der Waals surface area contributed by atoms with Gasteiger partial charge in [0.05, 0.1) is 23.7 Å². The Morgan fingerprint density at radius 1 is 1.11 bits per heavy atom. The Labute approximate surface area is 213 Å². The molecule has 0 saturated carbocycles. The van der Waals surface area contributed by atoms with E-state index in [4.69, 9.17) is 19.4 Å². The number of hydrogen-bond acceptors (Lipinski definition) is 7. The number of rotatable bonds is 5. The summed E-state index contributed by atoms with van der Waals surface area (Å²) in [6.45, 7) is 3.47. The first-order chi connectivity index (χ1) is 18.0. The quantitative estimate of drug-likeness (QED) is 0.404. The summed E-state index contributed by atoms with van der Waals surface area (Å²) in [4.78, 5) is 25.5. The number of carboxylic acid groups (broad SMARTS) is 1. The van der Waals surface area contributed by atoms with Gasteiger partial charge in [0.15, 0.2) is 17.3 Å². The van der Waals surface area contributed by atoms with E-state index in [1.807, 2.05) is 49.4 Å². The van der Waals surface area contributed by atoms with Crippen molar-refractivity contribution >= 4 is 22.8 Å². The van der Waals surface area contributed by atoms with Crippen LogP contribution in [0.25, 0.3) is 22.3 Å². The smallest absolute Gasteiger partial charge is 0.407 e. The van der Waals surface area contributed by atoms with Crippen LogP contribution in [-0.4, -0.2) is 57.1 Å². The van der Waals surface area contributed by atoms with Crippen LogP contribution in [0.1, 0.15) is 17.5 Å². The van der Waals surface area contributed by atoms with Crippen molar-refractivity contribution in [3.8, 4) is 28.6 Å². The molecule has 2 aliphatic rings. The van der Waals surface area contributed by atoms with Crippen LogP contribution in [0.2, 0.25) is 0 Å². The predicted molar refractivity (Wildman–Crippen MR) is 138 cm³/mol. The molecule has 1 aromatic heterocycles. The minimum Gasteiger partial charge on any atom is -0.507 e. The van der Waals surface area contributed by atoms with Gasteiger partial charge >= 0.3 is 6.09 Å². The summed E-state index contributed by atoms with van der Waals surface area (Å²) < 4.78 is 11.1. The summed E-state index contributed by atoms with van der Waals surface area (Å²) in [5, 5.41) is 21.4. The number of benzene rings is 3. The van der Waals surface area contributed by atoms with Gasteiger partial charge in [0.2, 0.25) is 6.79 Å². The zero-order valence-electron chi connectivity index (χ0n) is 20.3. The third-order valence-corrected chi connectivity index (χ3v) is 6.95. The summed E-state index contributed by atoms with van der Waals surface area (Å²) in [5.41, 5.74) is 3.17. The van der Waals surface area contributed by atoms with Crippen molar-refractivity contribution in [2.75, 3.05) is 24.8 Å². The molecule has 0 aliphatic carbocycles. The number of para-hydroxylation sites is 2. The molecule has 1 atom stereocenters. The Morgan fingerprint density at radius 2 is 1.97 bits per heavy atom. The number of phenols is 1. The first kappa shape index (κ1) is 22.9. The zero-order valence-corrected chi connectivity index (χ0v) is 20.3. The lowest BCUT2D eigenvalue weighted by molar-refractivity contribution is 0.123. The molecule has 4 aromatic rings. The first-order valence-corrected chi connectivity index (χ1v) is 12.2. The molecule has 1 unspecified atom stereocenters. The van der Waals surface area contributed by atoms with Crippen LogP contribution in [0.4, 0.5) is 10.6 Å². The Bertz CT molecular complexity index is 1510. The predicted octanol–water partition coefficient (Wildman–Crippen LogP) is 4.80. The van der Waals surface area contributed by atoms with Crippen molar-refractivity contribution in [2.45, 2.75) is 25.9 Å². The van der Waals surface area contributed by atoms with Crippen molar-refractivity contribution in [1.82, 2.24) is 14.9 Å². The van der Waals surface area contributed by atoms with Crippen LogP contribution in [-0.2, 0) is 6.54 Å². The highest BCUT2D eigenvalue weighted by Gasteiger charge is 2.33. The number of aromatic nitrogens is 2. The van der Waals surface area contributed by atoms with Gasteiger partial charge in [-0.1, -0.05) is 30.3 Å². The van der Waals surface area contributed by atoms with E-state index in [0.717, 1.165) is 27.8 Å². The van der Waals surface area contributed by atoms with E-state index in [9.17, 15) is 15.0 Å². The van der Waals surface area contributed by atoms with Gasteiger partial charge in [-0.15, -0.1) is 0 Å². The number of hydrogen-bond donors (Lipinski definition) is 2. The standard InChI is InChI=1S/C28H26N4O5/c1-17-9-10-20-22(13-17)29-26(21-6-2-3-7-23(21)33)30-27(20)31-12-11-19(15-31)32(28(34)35)14-18-5-4-8-24-25(18)37-16-36-24/h2-10,13,19,33H,11-12,14-16H2,1H3,(H,34,35). The van der Waals surface area contributed by atoms with Gasteiger partial charge in [0.1, 0.15) is 11.6 Å². The van der Waals surface area contributed by atoms with Crippen LogP contribution >= 0.6 is 0 Å². The lowest BCUT2D eigenvalue weighted by Gasteiger charge is -2.27. The van der Waals surface area contributed by atoms with Gasteiger partial charge in [0, 0.05) is 24.0 Å². The van der Waals surface area contributed by atoms with Crippen LogP contribution in [0.5, 0.6) is 17.2 Å². The largest absolute Gasteiger partial charge is 0.507 e. The van der Waals surface area contributed by atoms with Crippen LogP contribution in [0.3, 0.4) is 0 Å². The molecule has 9 heteroatoms. The zero-order chi connectivity index (χ0) is 25.5. The molecule has 0 radical (unpaired) electrons. The van der Waals surface area contributed by atoms with Gasteiger partial charge in [-0.3, -0.25) is 4.90 Å². The fourth-order valence-corrected chi connectivity index (χ4v) is 5.09. The van der Waals surface area contributed by atoms with E-state index in [-0.39, 0.29) is 25.1 Å². The molecular weight excluding hydrogens is 472 g/mol. The summed E-state index contributed by atoms with van der Waals surface area (Å²) in [5.74, 6) is 2.51. The van der Waals surface area contributed by atoms with Crippen LogP contribution < -0.4 is 14.4 Å². The number of aromatic hydroxyl groups is 1. The molecule has 6 rings (SSSR count). The van der Waals surface area contributed by atoms with E-state index >= 15 is 0 Å². The summed E-state index contributed by atoms with van der Waals surface area (Å²) in [6, 6.07) is 18.3. The third-order valence-electron chi connectivity index (χ3n) is 6.95. The second kappa shape index (κ2) is 9.16. The first-order valence-electron chi connectivity index (χ1n) is 12.2. The number of ether oxygens (including phenoxy) is 2. The van der Waals surface area contributed by atoms with E-state index < -0.39 is 6.09 Å². The SMILES string of the molecule is Cc1ccc2c(N3CCC(N(Cc4cccc5c4OCO5)C(=O)O)C3)nc(-c3ccccc3O)nc2c1. The molecule has 0 spiro atoms. The van der Waals surface area contributed by atoms with E-state index in [0.29, 0.717) is 42.4 Å². The number of amides is 1. The normalized spacial score (nSPS) is 16.4. The van der Waals surface area contributed by atoms with Crippen molar-refractivity contribution in [1.29, 1.82) is 0 Å².